The van der Waals surface area contributed by atoms with Gasteiger partial charge in [-0.05, 0) is 11.6 Å². The van der Waals surface area contributed by atoms with E-state index in [1.165, 1.54) is 6.20 Å². The molecule has 66 valence electrons. The van der Waals surface area contributed by atoms with Gasteiger partial charge < -0.3 is 10.2 Å². The largest absolute Gasteiger partial charge is 0.503 e. The lowest BCUT2D eigenvalue weighted by Crippen LogP contribution is -2.16. The molecule has 4 heteroatoms. The van der Waals surface area contributed by atoms with E-state index in [-0.39, 0.29) is 6.42 Å². The molecule has 0 amide bonds. The first-order valence-electron chi connectivity index (χ1n) is 3.80. The van der Waals surface area contributed by atoms with E-state index < -0.39 is 17.3 Å². The van der Waals surface area contributed by atoms with E-state index >= 15 is 0 Å². The number of fused-ring (bicyclic) bond motifs is 1. The van der Waals surface area contributed by atoms with Gasteiger partial charge in [-0.1, -0.05) is 6.07 Å². The average Bonchev–Trinajstić information content (AvgIpc) is 2.15. The number of aliphatic hydroxyl groups is 2. The lowest BCUT2D eigenvalue weighted by molar-refractivity contribution is -0.117. The lowest BCUT2D eigenvalue weighted by atomic mass is 9.98. The van der Waals surface area contributed by atoms with Crippen molar-refractivity contribution < 1.29 is 15.0 Å². The molecule has 2 N–H and O–H groups in total. The summed E-state index contributed by atoms with van der Waals surface area (Å²) in [5, 5.41) is 18.5. The van der Waals surface area contributed by atoms with Crippen molar-refractivity contribution in [3.05, 3.63) is 35.3 Å². The van der Waals surface area contributed by atoms with Crippen molar-refractivity contribution >= 4 is 11.5 Å². The third-order valence-electron chi connectivity index (χ3n) is 1.96. The molecular formula is C9H7NO3. The van der Waals surface area contributed by atoms with Crippen LogP contribution in [0.5, 0.6) is 0 Å². The van der Waals surface area contributed by atoms with Crippen LogP contribution in [0.15, 0.2) is 24.1 Å². The zero-order chi connectivity index (χ0) is 9.42. The third-order valence-corrected chi connectivity index (χ3v) is 1.96. The van der Waals surface area contributed by atoms with Crippen LogP contribution in [0.4, 0.5) is 0 Å². The molecule has 1 aromatic heterocycles. The fourth-order valence-corrected chi connectivity index (χ4v) is 1.30. The van der Waals surface area contributed by atoms with Gasteiger partial charge in [0.1, 0.15) is 5.69 Å². The molecule has 0 saturated carbocycles. The van der Waals surface area contributed by atoms with Gasteiger partial charge >= 0.3 is 0 Å². The van der Waals surface area contributed by atoms with E-state index in [1.54, 1.807) is 12.1 Å². The summed E-state index contributed by atoms with van der Waals surface area (Å²) in [6.45, 7) is 0. The highest BCUT2D eigenvalue weighted by Crippen LogP contribution is 2.23. The minimum absolute atomic E-state index is 0.0963. The van der Waals surface area contributed by atoms with Crippen LogP contribution in [0, 0.1) is 0 Å². The molecule has 1 aliphatic carbocycles. The number of allylic oxidation sites excluding steroid dienone is 1. The van der Waals surface area contributed by atoms with Gasteiger partial charge in [0.25, 0.3) is 0 Å². The van der Waals surface area contributed by atoms with E-state index in [1.807, 2.05) is 0 Å². The third kappa shape index (κ3) is 1.07. The lowest BCUT2D eigenvalue weighted by Gasteiger charge is -2.13. The predicted molar refractivity (Wildman–Crippen MR) is 45.1 cm³/mol. The van der Waals surface area contributed by atoms with Crippen LogP contribution in [-0.4, -0.2) is 21.0 Å². The number of nitrogens with zero attached hydrogens (tertiary/aromatic N) is 1. The van der Waals surface area contributed by atoms with Crippen molar-refractivity contribution in [2.45, 2.75) is 6.42 Å². The van der Waals surface area contributed by atoms with Crippen LogP contribution in [-0.2, 0) is 11.2 Å². The van der Waals surface area contributed by atoms with Crippen LogP contribution in [0.2, 0.25) is 0 Å². The predicted octanol–water partition coefficient (Wildman–Crippen LogP) is 0.991. The van der Waals surface area contributed by atoms with Gasteiger partial charge in [-0.15, -0.1) is 0 Å². The van der Waals surface area contributed by atoms with Crippen molar-refractivity contribution in [3.8, 4) is 0 Å². The van der Waals surface area contributed by atoms with Crippen molar-refractivity contribution in [1.29, 1.82) is 0 Å². The Labute approximate surface area is 74.2 Å². The van der Waals surface area contributed by atoms with Gasteiger partial charge in [0, 0.05) is 12.6 Å². The monoisotopic (exact) mass is 177 g/mol. The van der Waals surface area contributed by atoms with Gasteiger partial charge in [0.05, 0.1) is 0 Å². The van der Waals surface area contributed by atoms with E-state index in [0.29, 0.717) is 11.3 Å². The van der Waals surface area contributed by atoms with Crippen LogP contribution >= 0.6 is 0 Å². The van der Waals surface area contributed by atoms with Crippen molar-refractivity contribution in [2.24, 2.45) is 0 Å². The molecule has 4 nitrogen and oxygen atoms in total. The first-order valence-corrected chi connectivity index (χ1v) is 3.80. The highest BCUT2D eigenvalue weighted by Gasteiger charge is 2.25. The Morgan fingerprint density at radius 1 is 1.31 bits per heavy atom. The quantitative estimate of drug-likeness (QED) is 0.620. The number of pyridine rings is 1. The Morgan fingerprint density at radius 3 is 2.85 bits per heavy atom. The Morgan fingerprint density at radius 2 is 2.08 bits per heavy atom. The van der Waals surface area contributed by atoms with E-state index in [2.05, 4.69) is 4.98 Å². The molecule has 0 aromatic carbocycles. The smallest absolute Gasteiger partial charge is 0.205 e. The summed E-state index contributed by atoms with van der Waals surface area (Å²) in [6, 6.07) is 3.38. The second-order valence-electron chi connectivity index (χ2n) is 2.81. The van der Waals surface area contributed by atoms with Crippen molar-refractivity contribution in [3.63, 3.8) is 0 Å². The number of aliphatic hydroxyl groups excluding tert-OH is 2. The number of rotatable bonds is 0. The summed E-state index contributed by atoms with van der Waals surface area (Å²) in [5.41, 5.74) is 0.933. The average molecular weight is 177 g/mol. The van der Waals surface area contributed by atoms with Crippen LogP contribution < -0.4 is 0 Å². The Kier molecular flexibility index (Phi) is 1.55. The molecule has 0 spiro atoms. The molecule has 0 bridgehead atoms. The summed E-state index contributed by atoms with van der Waals surface area (Å²) < 4.78 is 0. The maximum absolute atomic E-state index is 11.1. The van der Waals surface area contributed by atoms with Gasteiger partial charge in [-0.25, -0.2) is 0 Å². The van der Waals surface area contributed by atoms with Gasteiger partial charge in [0.2, 0.25) is 11.5 Å². The Hall–Kier alpha value is -1.84. The van der Waals surface area contributed by atoms with Crippen LogP contribution in [0.25, 0.3) is 5.76 Å². The van der Waals surface area contributed by atoms with E-state index in [0.717, 1.165) is 0 Å². The maximum Gasteiger partial charge on any atom is 0.205 e. The Bertz CT molecular complexity index is 409. The molecule has 0 radical (unpaired) electrons. The molecule has 0 fully saturated rings. The summed E-state index contributed by atoms with van der Waals surface area (Å²) in [4.78, 5) is 14.9. The Balaban J connectivity index is 2.66. The summed E-state index contributed by atoms with van der Waals surface area (Å²) in [6.07, 6.45) is 1.59. The number of carbonyl (C=O) groups excluding carboxylic acids is 1. The molecular weight excluding hydrogens is 170 g/mol. The number of Topliss-reactive ketones (excluding diaryl/α,β-unsaturated/α-hetero) is 1. The molecule has 0 aliphatic heterocycles. The van der Waals surface area contributed by atoms with Crippen molar-refractivity contribution in [2.75, 3.05) is 0 Å². The highest BCUT2D eigenvalue weighted by molar-refractivity contribution is 6.02. The summed E-state index contributed by atoms with van der Waals surface area (Å²) >= 11 is 0. The molecule has 1 aromatic rings. The van der Waals surface area contributed by atoms with Crippen LogP contribution in [0.1, 0.15) is 11.3 Å². The molecule has 0 atom stereocenters. The summed E-state index contributed by atoms with van der Waals surface area (Å²) in [5.74, 6) is -1.49. The topological polar surface area (TPSA) is 70.4 Å². The molecule has 13 heavy (non-hydrogen) atoms. The van der Waals surface area contributed by atoms with Gasteiger partial charge in [0.15, 0.2) is 5.76 Å². The first kappa shape index (κ1) is 7.79. The number of ketones is 1. The van der Waals surface area contributed by atoms with Crippen molar-refractivity contribution in [1.82, 2.24) is 4.98 Å². The zero-order valence-corrected chi connectivity index (χ0v) is 6.69. The normalized spacial score (nSPS) is 15.8. The minimum Gasteiger partial charge on any atom is -0.503 e. The fraction of sp³-hybridized carbons (Fsp3) is 0.111. The molecule has 0 saturated heterocycles. The molecule has 1 heterocycles. The first-order chi connectivity index (χ1) is 6.20. The fourth-order valence-electron chi connectivity index (χ4n) is 1.30. The van der Waals surface area contributed by atoms with Gasteiger partial charge in [-0.2, -0.15) is 0 Å². The number of aromatic nitrogens is 1. The second-order valence-corrected chi connectivity index (χ2v) is 2.81. The molecule has 0 unspecified atom stereocenters. The SMILES string of the molecule is O=C1Cc2cccnc2C(O)=C1O. The molecule has 1 aliphatic rings. The minimum atomic E-state index is -0.591. The number of hydrogen-bond donors (Lipinski definition) is 2. The van der Waals surface area contributed by atoms with E-state index in [4.69, 9.17) is 5.11 Å². The van der Waals surface area contributed by atoms with Crippen LogP contribution in [0.3, 0.4) is 0 Å². The number of hydrogen-bond acceptors (Lipinski definition) is 4. The summed E-state index contributed by atoms with van der Waals surface area (Å²) in [7, 11) is 0. The second kappa shape index (κ2) is 2.58. The molecule has 2 rings (SSSR count). The maximum atomic E-state index is 11.1. The van der Waals surface area contributed by atoms with E-state index in [9.17, 15) is 9.90 Å². The van der Waals surface area contributed by atoms with Gasteiger partial charge in [-0.3, -0.25) is 9.78 Å². The standard InChI is InChI=1S/C9H7NO3/c11-6-4-5-2-1-3-10-7(5)9(13)8(6)12/h1-3,12-13H,4H2. The highest BCUT2D eigenvalue weighted by atomic mass is 16.3. The number of carbonyl (C=O) groups is 1. The zero-order valence-electron chi connectivity index (χ0n) is 6.69.